The lowest BCUT2D eigenvalue weighted by molar-refractivity contribution is -0.139. The van der Waals surface area contributed by atoms with E-state index in [9.17, 15) is 9.59 Å². The molecule has 2 atom stereocenters. The van der Waals surface area contributed by atoms with Gasteiger partial charge in [0.2, 0.25) is 0 Å². The Kier molecular flexibility index (Phi) is 6.75. The van der Waals surface area contributed by atoms with Crippen LogP contribution >= 0.6 is 0 Å². The fourth-order valence-corrected chi connectivity index (χ4v) is 1.62. The molecule has 4 heteroatoms. The summed E-state index contributed by atoms with van der Waals surface area (Å²) < 4.78 is 0. The van der Waals surface area contributed by atoms with Gasteiger partial charge in [0.25, 0.3) is 0 Å². The topological polar surface area (TPSA) is 74.6 Å². The molecule has 0 aromatic rings. The maximum atomic E-state index is 10.5. The number of carboxylic acid groups (broad SMARTS) is 2. The van der Waals surface area contributed by atoms with E-state index < -0.39 is 11.9 Å². The molecule has 88 valence electrons. The molecule has 0 saturated carbocycles. The van der Waals surface area contributed by atoms with Gasteiger partial charge in [-0.2, -0.15) is 0 Å². The molecule has 0 saturated heterocycles. The van der Waals surface area contributed by atoms with Crippen LogP contribution in [0.4, 0.5) is 0 Å². The summed E-state index contributed by atoms with van der Waals surface area (Å²) in [4.78, 5) is 20.9. The summed E-state index contributed by atoms with van der Waals surface area (Å²) in [5.41, 5.74) is 0. The van der Waals surface area contributed by atoms with E-state index in [-0.39, 0.29) is 24.7 Å². The Balaban J connectivity index is 3.79. The van der Waals surface area contributed by atoms with Crippen molar-refractivity contribution in [1.29, 1.82) is 0 Å². The Morgan fingerprint density at radius 3 is 2.00 bits per heavy atom. The number of hydrogen-bond acceptors (Lipinski definition) is 2. The minimum Gasteiger partial charge on any atom is -0.481 e. The van der Waals surface area contributed by atoms with E-state index in [2.05, 4.69) is 0 Å². The second-order valence-electron chi connectivity index (χ2n) is 4.15. The smallest absolute Gasteiger partial charge is 0.303 e. The van der Waals surface area contributed by atoms with Crippen molar-refractivity contribution in [2.75, 3.05) is 0 Å². The molecule has 0 bridgehead atoms. The Morgan fingerprint density at radius 2 is 1.60 bits per heavy atom. The van der Waals surface area contributed by atoms with E-state index in [1.54, 1.807) is 0 Å². The molecule has 15 heavy (non-hydrogen) atoms. The molecule has 0 aromatic heterocycles. The number of rotatable bonds is 8. The first-order valence-corrected chi connectivity index (χ1v) is 5.39. The van der Waals surface area contributed by atoms with Crippen LogP contribution in [-0.2, 0) is 9.59 Å². The summed E-state index contributed by atoms with van der Waals surface area (Å²) in [6, 6.07) is 0. The molecular weight excluding hydrogens is 196 g/mol. The van der Waals surface area contributed by atoms with E-state index >= 15 is 0 Å². The average molecular weight is 216 g/mol. The van der Waals surface area contributed by atoms with Gasteiger partial charge in [0.1, 0.15) is 0 Å². The SMILES string of the molecule is CCC(CCC(C)CC(=O)O)CC(=O)O. The lowest BCUT2D eigenvalue weighted by atomic mass is 9.91. The number of carbonyl (C=O) groups is 2. The molecule has 0 radical (unpaired) electrons. The van der Waals surface area contributed by atoms with Gasteiger partial charge in [-0.15, -0.1) is 0 Å². The van der Waals surface area contributed by atoms with Crippen LogP contribution in [0.25, 0.3) is 0 Å². The third-order valence-corrected chi connectivity index (χ3v) is 2.63. The molecule has 4 nitrogen and oxygen atoms in total. The fraction of sp³-hybridized carbons (Fsp3) is 0.818. The molecule has 0 amide bonds. The van der Waals surface area contributed by atoms with Crippen LogP contribution in [0.15, 0.2) is 0 Å². The monoisotopic (exact) mass is 216 g/mol. The van der Waals surface area contributed by atoms with E-state index in [0.29, 0.717) is 0 Å². The summed E-state index contributed by atoms with van der Waals surface area (Å²) >= 11 is 0. The maximum Gasteiger partial charge on any atom is 0.303 e. The molecule has 2 N–H and O–H groups in total. The Labute approximate surface area is 90.3 Å². The molecular formula is C11H20O4. The molecule has 0 fully saturated rings. The van der Waals surface area contributed by atoms with E-state index in [4.69, 9.17) is 10.2 Å². The van der Waals surface area contributed by atoms with Gasteiger partial charge in [-0.3, -0.25) is 9.59 Å². The van der Waals surface area contributed by atoms with Crippen molar-refractivity contribution in [2.45, 2.75) is 46.0 Å². The highest BCUT2D eigenvalue weighted by molar-refractivity contribution is 5.67. The predicted octanol–water partition coefficient (Wildman–Crippen LogP) is 2.38. The molecule has 2 unspecified atom stereocenters. The quantitative estimate of drug-likeness (QED) is 0.653. The summed E-state index contributed by atoms with van der Waals surface area (Å²) in [6.45, 7) is 3.86. The van der Waals surface area contributed by atoms with Crippen molar-refractivity contribution >= 4 is 11.9 Å². The van der Waals surface area contributed by atoms with Gasteiger partial charge in [0.05, 0.1) is 0 Å². The normalized spacial score (nSPS) is 14.5. The standard InChI is InChI=1S/C11H20O4/c1-3-9(7-11(14)15)5-4-8(2)6-10(12)13/h8-9H,3-7H2,1-2H3,(H,12,13)(H,14,15). The van der Waals surface area contributed by atoms with Crippen LogP contribution in [0, 0.1) is 11.8 Å². The Bertz CT molecular complexity index is 213. The lowest BCUT2D eigenvalue weighted by Gasteiger charge is -2.14. The summed E-state index contributed by atoms with van der Waals surface area (Å²) in [7, 11) is 0. The highest BCUT2D eigenvalue weighted by atomic mass is 16.4. The van der Waals surface area contributed by atoms with Crippen molar-refractivity contribution < 1.29 is 19.8 Å². The lowest BCUT2D eigenvalue weighted by Crippen LogP contribution is -2.10. The second kappa shape index (κ2) is 7.26. The van der Waals surface area contributed by atoms with Crippen molar-refractivity contribution in [3.63, 3.8) is 0 Å². The molecule has 0 heterocycles. The van der Waals surface area contributed by atoms with Crippen molar-refractivity contribution in [3.8, 4) is 0 Å². The average Bonchev–Trinajstić information content (AvgIpc) is 2.10. The third kappa shape index (κ3) is 7.97. The largest absolute Gasteiger partial charge is 0.481 e. The maximum absolute atomic E-state index is 10.5. The summed E-state index contributed by atoms with van der Waals surface area (Å²) in [6.07, 6.45) is 2.79. The summed E-state index contributed by atoms with van der Waals surface area (Å²) in [5, 5.41) is 17.2. The molecule has 0 aliphatic rings. The van der Waals surface area contributed by atoms with Gasteiger partial charge in [-0.1, -0.05) is 20.3 Å². The number of aliphatic carboxylic acids is 2. The fourth-order valence-electron chi connectivity index (χ4n) is 1.62. The molecule has 0 spiro atoms. The van der Waals surface area contributed by atoms with Gasteiger partial charge >= 0.3 is 11.9 Å². The van der Waals surface area contributed by atoms with E-state index in [1.165, 1.54) is 0 Å². The number of carboxylic acids is 2. The zero-order chi connectivity index (χ0) is 11.8. The van der Waals surface area contributed by atoms with Crippen LogP contribution in [-0.4, -0.2) is 22.2 Å². The first kappa shape index (κ1) is 13.9. The third-order valence-electron chi connectivity index (χ3n) is 2.63. The molecule has 0 aliphatic carbocycles. The highest BCUT2D eigenvalue weighted by Crippen LogP contribution is 2.20. The van der Waals surface area contributed by atoms with E-state index in [0.717, 1.165) is 19.3 Å². The first-order chi connectivity index (χ1) is 6.95. The van der Waals surface area contributed by atoms with Crippen LogP contribution in [0.2, 0.25) is 0 Å². The zero-order valence-corrected chi connectivity index (χ0v) is 9.40. The molecule has 0 aliphatic heterocycles. The van der Waals surface area contributed by atoms with Crippen molar-refractivity contribution in [3.05, 3.63) is 0 Å². The minimum absolute atomic E-state index is 0.130. The van der Waals surface area contributed by atoms with Gasteiger partial charge in [0, 0.05) is 12.8 Å². The van der Waals surface area contributed by atoms with Gasteiger partial charge < -0.3 is 10.2 Å². The van der Waals surface area contributed by atoms with Gasteiger partial charge in [-0.05, 0) is 24.7 Å². The van der Waals surface area contributed by atoms with Crippen molar-refractivity contribution in [1.82, 2.24) is 0 Å². The van der Waals surface area contributed by atoms with Crippen LogP contribution in [0.3, 0.4) is 0 Å². The molecule has 0 rings (SSSR count). The minimum atomic E-state index is -0.784. The van der Waals surface area contributed by atoms with E-state index in [1.807, 2.05) is 13.8 Å². The van der Waals surface area contributed by atoms with Crippen LogP contribution in [0.5, 0.6) is 0 Å². The van der Waals surface area contributed by atoms with Crippen LogP contribution in [0.1, 0.15) is 46.0 Å². The highest BCUT2D eigenvalue weighted by Gasteiger charge is 2.14. The second-order valence-corrected chi connectivity index (χ2v) is 4.15. The van der Waals surface area contributed by atoms with Gasteiger partial charge in [0.15, 0.2) is 0 Å². The summed E-state index contributed by atoms with van der Waals surface area (Å²) in [5.74, 6) is -1.24. The first-order valence-electron chi connectivity index (χ1n) is 5.39. The van der Waals surface area contributed by atoms with Crippen molar-refractivity contribution in [2.24, 2.45) is 11.8 Å². The predicted molar refractivity (Wildman–Crippen MR) is 56.7 cm³/mol. The van der Waals surface area contributed by atoms with Crippen LogP contribution < -0.4 is 0 Å². The zero-order valence-electron chi connectivity index (χ0n) is 9.40. The van der Waals surface area contributed by atoms with Gasteiger partial charge in [-0.25, -0.2) is 0 Å². The number of hydrogen-bond donors (Lipinski definition) is 2. The molecule has 0 aromatic carbocycles. The Morgan fingerprint density at radius 1 is 1.07 bits per heavy atom. The Hall–Kier alpha value is -1.06.